The van der Waals surface area contributed by atoms with E-state index in [-0.39, 0.29) is 0 Å². The van der Waals surface area contributed by atoms with Crippen molar-refractivity contribution in [1.29, 1.82) is 0 Å². The average molecular weight is 150 g/mol. The van der Waals surface area contributed by atoms with Crippen molar-refractivity contribution in [1.82, 2.24) is 0 Å². The molecule has 4 fully saturated rings. The third-order valence-electron chi connectivity index (χ3n) is 4.90. The molecule has 0 radical (unpaired) electrons. The van der Waals surface area contributed by atoms with Gasteiger partial charge in [0.25, 0.3) is 0 Å². The fraction of sp³-hybridized carbons (Fsp3) is 1.00. The van der Waals surface area contributed by atoms with Crippen molar-refractivity contribution < 1.29 is 4.74 Å². The van der Waals surface area contributed by atoms with Gasteiger partial charge < -0.3 is 4.74 Å². The SMILES string of the molecule is C1CC23CCC1C2CC1OC13. The topological polar surface area (TPSA) is 12.5 Å². The first-order chi connectivity index (χ1) is 5.40. The molecule has 60 valence electrons. The Hall–Kier alpha value is -0.0400. The molecule has 11 heavy (non-hydrogen) atoms. The van der Waals surface area contributed by atoms with Gasteiger partial charge in [-0.1, -0.05) is 0 Å². The Morgan fingerprint density at radius 2 is 2.00 bits per heavy atom. The van der Waals surface area contributed by atoms with Crippen LogP contribution in [0.3, 0.4) is 0 Å². The molecule has 0 N–H and O–H groups in total. The highest BCUT2D eigenvalue weighted by molar-refractivity contribution is 5.18. The summed E-state index contributed by atoms with van der Waals surface area (Å²) < 4.78 is 5.69. The zero-order valence-corrected chi connectivity index (χ0v) is 6.75. The highest BCUT2D eigenvalue weighted by atomic mass is 16.6. The van der Waals surface area contributed by atoms with Gasteiger partial charge in [0.15, 0.2) is 0 Å². The summed E-state index contributed by atoms with van der Waals surface area (Å²) in [5.74, 6) is 2.22. The number of hydrogen-bond acceptors (Lipinski definition) is 1. The second-order valence-electron chi connectivity index (χ2n) is 5.01. The van der Waals surface area contributed by atoms with Crippen molar-refractivity contribution in [2.75, 3.05) is 0 Å². The van der Waals surface area contributed by atoms with Gasteiger partial charge >= 0.3 is 0 Å². The molecule has 3 aliphatic carbocycles. The van der Waals surface area contributed by atoms with Crippen LogP contribution in [0.1, 0.15) is 32.1 Å². The van der Waals surface area contributed by atoms with E-state index in [4.69, 9.17) is 4.74 Å². The van der Waals surface area contributed by atoms with E-state index in [9.17, 15) is 0 Å². The second kappa shape index (κ2) is 1.39. The van der Waals surface area contributed by atoms with E-state index >= 15 is 0 Å². The van der Waals surface area contributed by atoms with Gasteiger partial charge in [-0.05, 0) is 43.9 Å². The number of rotatable bonds is 0. The summed E-state index contributed by atoms with van der Waals surface area (Å²) in [6.45, 7) is 0. The Balaban J connectivity index is 1.87. The van der Waals surface area contributed by atoms with Gasteiger partial charge in [-0.25, -0.2) is 0 Å². The molecular formula is C10H14O. The van der Waals surface area contributed by atoms with E-state index in [0.717, 1.165) is 29.5 Å². The largest absolute Gasteiger partial charge is 0.369 e. The van der Waals surface area contributed by atoms with Gasteiger partial charge in [-0.2, -0.15) is 0 Å². The van der Waals surface area contributed by atoms with Crippen LogP contribution in [-0.2, 0) is 4.74 Å². The summed E-state index contributed by atoms with van der Waals surface area (Å²) in [7, 11) is 0. The van der Waals surface area contributed by atoms with Crippen LogP contribution in [0.5, 0.6) is 0 Å². The molecule has 1 aliphatic heterocycles. The molecule has 0 aromatic heterocycles. The van der Waals surface area contributed by atoms with E-state index in [0.29, 0.717) is 0 Å². The van der Waals surface area contributed by atoms with Gasteiger partial charge in [-0.3, -0.25) is 0 Å². The standard InChI is InChI=1S/C10H14O/c1-3-10-4-2-6(1)7(10)5-8-9(10)11-8/h6-9H,1-5H2. The van der Waals surface area contributed by atoms with Crippen molar-refractivity contribution in [3.63, 3.8) is 0 Å². The van der Waals surface area contributed by atoms with Gasteiger partial charge in [0.1, 0.15) is 0 Å². The lowest BCUT2D eigenvalue weighted by Crippen LogP contribution is -2.24. The monoisotopic (exact) mass is 150 g/mol. The highest BCUT2D eigenvalue weighted by Gasteiger charge is 2.70. The first-order valence-corrected chi connectivity index (χ1v) is 5.06. The van der Waals surface area contributed by atoms with Crippen molar-refractivity contribution in [2.45, 2.75) is 44.3 Å². The van der Waals surface area contributed by atoms with Crippen LogP contribution in [0, 0.1) is 17.3 Å². The molecule has 1 heteroatoms. The van der Waals surface area contributed by atoms with Crippen molar-refractivity contribution >= 4 is 0 Å². The minimum atomic E-state index is 0.725. The fourth-order valence-corrected chi connectivity index (χ4v) is 4.42. The smallest absolute Gasteiger partial charge is 0.0900 e. The quantitative estimate of drug-likeness (QED) is 0.481. The van der Waals surface area contributed by atoms with E-state index in [1.165, 1.54) is 32.1 Å². The van der Waals surface area contributed by atoms with Crippen LogP contribution in [0.15, 0.2) is 0 Å². The summed E-state index contributed by atoms with van der Waals surface area (Å²) in [6.07, 6.45) is 8.94. The summed E-state index contributed by atoms with van der Waals surface area (Å²) in [6, 6.07) is 0. The van der Waals surface area contributed by atoms with Crippen molar-refractivity contribution in [2.24, 2.45) is 17.3 Å². The minimum absolute atomic E-state index is 0.725. The molecule has 1 saturated heterocycles. The molecule has 2 bridgehead atoms. The van der Waals surface area contributed by atoms with E-state index in [2.05, 4.69) is 0 Å². The Labute approximate surface area is 67.1 Å². The summed E-state index contributed by atoms with van der Waals surface area (Å²) in [5, 5.41) is 0. The Morgan fingerprint density at radius 3 is 2.73 bits per heavy atom. The number of epoxide rings is 1. The minimum Gasteiger partial charge on any atom is -0.369 e. The molecule has 0 aromatic rings. The van der Waals surface area contributed by atoms with Crippen LogP contribution in [-0.4, -0.2) is 12.2 Å². The highest BCUT2D eigenvalue weighted by Crippen LogP contribution is 2.71. The van der Waals surface area contributed by atoms with Crippen molar-refractivity contribution in [3.05, 3.63) is 0 Å². The van der Waals surface area contributed by atoms with Crippen LogP contribution in [0.2, 0.25) is 0 Å². The van der Waals surface area contributed by atoms with Crippen LogP contribution in [0.25, 0.3) is 0 Å². The number of fused-ring (bicyclic) bond motifs is 1. The molecule has 0 amide bonds. The lowest BCUT2D eigenvalue weighted by molar-refractivity contribution is 0.133. The zero-order chi connectivity index (χ0) is 7.05. The molecule has 3 unspecified atom stereocenters. The lowest BCUT2D eigenvalue weighted by atomic mass is 9.80. The molecule has 0 spiro atoms. The number of hydrogen-bond donors (Lipinski definition) is 0. The molecular weight excluding hydrogens is 136 g/mol. The maximum atomic E-state index is 5.69. The molecule has 0 aromatic carbocycles. The average Bonchev–Trinajstić information content (AvgIpc) is 2.46. The third-order valence-corrected chi connectivity index (χ3v) is 4.90. The number of ether oxygens (including phenoxy) is 1. The maximum absolute atomic E-state index is 5.69. The molecule has 4 rings (SSSR count). The normalized spacial score (nSPS) is 69.8. The lowest BCUT2D eigenvalue weighted by Gasteiger charge is -2.25. The van der Waals surface area contributed by atoms with Crippen LogP contribution >= 0.6 is 0 Å². The molecule has 4 aliphatic rings. The Kier molecular flexibility index (Phi) is 0.706. The first kappa shape index (κ1) is 5.58. The zero-order valence-electron chi connectivity index (χ0n) is 6.75. The Morgan fingerprint density at radius 1 is 1.18 bits per heavy atom. The summed E-state index contributed by atoms with van der Waals surface area (Å²) in [4.78, 5) is 0. The molecule has 1 nitrogen and oxygen atoms in total. The van der Waals surface area contributed by atoms with Crippen molar-refractivity contribution in [3.8, 4) is 0 Å². The van der Waals surface area contributed by atoms with Gasteiger partial charge in [0.05, 0.1) is 12.2 Å². The fourth-order valence-electron chi connectivity index (χ4n) is 4.42. The Bertz CT molecular complexity index is 215. The molecule has 1 heterocycles. The summed E-state index contributed by atoms with van der Waals surface area (Å²) in [5.41, 5.74) is 0.731. The maximum Gasteiger partial charge on any atom is 0.0900 e. The molecule has 3 saturated carbocycles. The van der Waals surface area contributed by atoms with Gasteiger partial charge in [-0.15, -0.1) is 0 Å². The predicted molar refractivity (Wildman–Crippen MR) is 41.2 cm³/mol. The van der Waals surface area contributed by atoms with E-state index in [1.54, 1.807) is 0 Å². The van der Waals surface area contributed by atoms with Crippen LogP contribution < -0.4 is 0 Å². The van der Waals surface area contributed by atoms with Gasteiger partial charge in [0, 0.05) is 5.41 Å². The predicted octanol–water partition coefficient (Wildman–Crippen LogP) is 1.96. The summed E-state index contributed by atoms with van der Waals surface area (Å²) >= 11 is 0. The third kappa shape index (κ3) is 0.438. The van der Waals surface area contributed by atoms with E-state index < -0.39 is 0 Å². The van der Waals surface area contributed by atoms with E-state index in [1.807, 2.05) is 0 Å². The second-order valence-corrected chi connectivity index (χ2v) is 5.01. The van der Waals surface area contributed by atoms with Gasteiger partial charge in [0.2, 0.25) is 0 Å². The molecule has 3 atom stereocenters. The van der Waals surface area contributed by atoms with Crippen LogP contribution in [0.4, 0.5) is 0 Å². The first-order valence-electron chi connectivity index (χ1n) is 5.06.